The quantitative estimate of drug-likeness (QED) is 0.887. The van der Waals surface area contributed by atoms with Crippen LogP contribution in [0.1, 0.15) is 12.8 Å². The van der Waals surface area contributed by atoms with Crippen LogP contribution in [0.15, 0.2) is 29.5 Å². The van der Waals surface area contributed by atoms with Gasteiger partial charge in [0.25, 0.3) is 5.56 Å². The average Bonchev–Trinajstić information content (AvgIpc) is 2.58. The van der Waals surface area contributed by atoms with Crippen molar-refractivity contribution in [3.63, 3.8) is 0 Å². The molecule has 0 radical (unpaired) electrons. The zero-order chi connectivity index (χ0) is 16.2. The van der Waals surface area contributed by atoms with E-state index in [0.29, 0.717) is 24.2 Å². The second kappa shape index (κ2) is 6.64. The highest BCUT2D eigenvalue weighted by Crippen LogP contribution is 2.17. The Morgan fingerprint density at radius 3 is 3.04 bits per heavy atom. The van der Waals surface area contributed by atoms with Crippen LogP contribution in [0.5, 0.6) is 5.88 Å². The molecule has 0 bridgehead atoms. The summed E-state index contributed by atoms with van der Waals surface area (Å²) >= 11 is 0. The highest BCUT2D eigenvalue weighted by molar-refractivity contribution is 5.38. The smallest absolute Gasteiger partial charge is 0.293 e. The Bertz CT molecular complexity index is 732. The van der Waals surface area contributed by atoms with Crippen molar-refractivity contribution >= 4 is 11.8 Å². The lowest BCUT2D eigenvalue weighted by Crippen LogP contribution is -2.45. The Kier molecular flexibility index (Phi) is 4.40. The molecule has 8 heteroatoms. The van der Waals surface area contributed by atoms with E-state index in [9.17, 15) is 4.79 Å². The lowest BCUT2D eigenvalue weighted by Gasteiger charge is -2.33. The van der Waals surface area contributed by atoms with Crippen molar-refractivity contribution < 1.29 is 4.74 Å². The predicted molar refractivity (Wildman–Crippen MR) is 86.9 cm³/mol. The van der Waals surface area contributed by atoms with Crippen molar-refractivity contribution in [3.05, 3.63) is 35.0 Å². The van der Waals surface area contributed by atoms with Gasteiger partial charge in [-0.15, -0.1) is 0 Å². The van der Waals surface area contributed by atoms with Crippen molar-refractivity contribution in [2.24, 2.45) is 7.05 Å². The molecule has 122 valence electrons. The van der Waals surface area contributed by atoms with Crippen LogP contribution in [0.3, 0.4) is 0 Å². The molecule has 1 saturated heterocycles. The number of hydrogen-bond donors (Lipinski definition) is 1. The molecule has 3 heterocycles. The molecule has 1 aliphatic heterocycles. The number of nitrogens with zero attached hydrogens (tertiary/aromatic N) is 5. The number of hydrogen-bond acceptors (Lipinski definition) is 7. The van der Waals surface area contributed by atoms with Gasteiger partial charge in [-0.1, -0.05) is 0 Å². The molecule has 1 fully saturated rings. The molecule has 23 heavy (non-hydrogen) atoms. The van der Waals surface area contributed by atoms with Crippen molar-refractivity contribution in [2.45, 2.75) is 18.9 Å². The first-order valence-corrected chi connectivity index (χ1v) is 7.57. The summed E-state index contributed by atoms with van der Waals surface area (Å²) in [6.45, 7) is 1.51. The van der Waals surface area contributed by atoms with Crippen molar-refractivity contribution in [1.82, 2.24) is 19.5 Å². The number of methoxy groups -OCH3 is 1. The Labute approximate surface area is 134 Å². The van der Waals surface area contributed by atoms with Gasteiger partial charge in [-0.05, 0) is 12.8 Å². The molecule has 2 aromatic rings. The number of piperidine rings is 1. The molecule has 0 spiro atoms. The standard InChI is InChI=1S/C15H20N6O2/c1-20-9-7-16-13(14(20)22)21-8-3-4-11(10-21)18-15-17-6-5-12(19-15)23-2/h5-7,9,11H,3-4,8,10H2,1-2H3,(H,17,18,19)/t11-/m1/s1. The number of aryl methyl sites for hydroxylation is 1. The van der Waals surface area contributed by atoms with Crippen LogP contribution in [-0.4, -0.2) is 45.8 Å². The summed E-state index contributed by atoms with van der Waals surface area (Å²) in [5.74, 6) is 1.55. The molecule has 2 aromatic heterocycles. The van der Waals surface area contributed by atoms with Gasteiger partial charge in [0.1, 0.15) is 0 Å². The van der Waals surface area contributed by atoms with E-state index < -0.39 is 0 Å². The van der Waals surface area contributed by atoms with E-state index in [1.807, 2.05) is 4.90 Å². The number of ether oxygens (including phenoxy) is 1. The number of anilines is 2. The predicted octanol–water partition coefficient (Wildman–Crippen LogP) is 0.660. The maximum absolute atomic E-state index is 12.2. The van der Waals surface area contributed by atoms with E-state index in [4.69, 9.17) is 4.74 Å². The topological polar surface area (TPSA) is 85.2 Å². The van der Waals surface area contributed by atoms with Gasteiger partial charge in [-0.25, -0.2) is 9.97 Å². The Morgan fingerprint density at radius 2 is 2.22 bits per heavy atom. The van der Waals surface area contributed by atoms with Crippen LogP contribution < -0.4 is 20.5 Å². The SMILES string of the molecule is COc1ccnc(N[C@@H]2CCCN(c3nccn(C)c3=O)C2)n1. The van der Waals surface area contributed by atoms with Gasteiger partial charge in [0.15, 0.2) is 5.82 Å². The van der Waals surface area contributed by atoms with Gasteiger partial charge in [-0.2, -0.15) is 4.98 Å². The first-order chi connectivity index (χ1) is 11.2. The fourth-order valence-electron chi connectivity index (χ4n) is 2.70. The second-order valence-corrected chi connectivity index (χ2v) is 5.52. The molecule has 1 N–H and O–H groups in total. The summed E-state index contributed by atoms with van der Waals surface area (Å²) in [5, 5.41) is 3.31. The highest BCUT2D eigenvalue weighted by Gasteiger charge is 2.23. The van der Waals surface area contributed by atoms with E-state index >= 15 is 0 Å². The largest absolute Gasteiger partial charge is 0.481 e. The molecule has 0 unspecified atom stereocenters. The molecule has 3 rings (SSSR count). The third-order valence-corrected chi connectivity index (χ3v) is 3.89. The average molecular weight is 316 g/mol. The van der Waals surface area contributed by atoms with Crippen LogP contribution in [0.2, 0.25) is 0 Å². The maximum atomic E-state index is 12.2. The third-order valence-electron chi connectivity index (χ3n) is 3.89. The lowest BCUT2D eigenvalue weighted by atomic mass is 10.1. The van der Waals surface area contributed by atoms with Crippen LogP contribution in [0.4, 0.5) is 11.8 Å². The van der Waals surface area contributed by atoms with Gasteiger partial charge in [0.2, 0.25) is 11.8 Å². The fraction of sp³-hybridized carbons (Fsp3) is 0.467. The van der Waals surface area contributed by atoms with E-state index in [0.717, 1.165) is 19.4 Å². The number of nitrogens with one attached hydrogen (secondary N) is 1. The molecule has 8 nitrogen and oxygen atoms in total. The summed E-state index contributed by atoms with van der Waals surface area (Å²) in [4.78, 5) is 27.0. The normalized spacial score (nSPS) is 17.8. The van der Waals surface area contributed by atoms with Gasteiger partial charge in [-0.3, -0.25) is 4.79 Å². The van der Waals surface area contributed by atoms with Crippen molar-refractivity contribution in [3.8, 4) is 5.88 Å². The summed E-state index contributed by atoms with van der Waals surface area (Å²) in [7, 11) is 3.31. The number of aromatic nitrogens is 4. The Morgan fingerprint density at radius 1 is 1.35 bits per heavy atom. The van der Waals surface area contributed by atoms with Crippen LogP contribution in [0.25, 0.3) is 0 Å². The van der Waals surface area contributed by atoms with Crippen molar-refractivity contribution in [1.29, 1.82) is 0 Å². The van der Waals surface area contributed by atoms with Crippen molar-refractivity contribution in [2.75, 3.05) is 30.4 Å². The first kappa shape index (κ1) is 15.3. The number of rotatable bonds is 4. The first-order valence-electron chi connectivity index (χ1n) is 7.57. The van der Waals surface area contributed by atoms with E-state index in [-0.39, 0.29) is 11.6 Å². The van der Waals surface area contributed by atoms with E-state index in [1.54, 1.807) is 43.4 Å². The van der Waals surface area contributed by atoms with E-state index in [2.05, 4.69) is 20.3 Å². The maximum Gasteiger partial charge on any atom is 0.293 e. The molecule has 1 aliphatic rings. The summed E-state index contributed by atoms with van der Waals surface area (Å²) in [6.07, 6.45) is 6.93. The van der Waals surface area contributed by atoms with Gasteiger partial charge in [0.05, 0.1) is 7.11 Å². The molecule has 0 amide bonds. The minimum absolute atomic E-state index is 0.0780. The van der Waals surface area contributed by atoms with Crippen LogP contribution >= 0.6 is 0 Å². The summed E-state index contributed by atoms with van der Waals surface area (Å²) in [6, 6.07) is 1.86. The highest BCUT2D eigenvalue weighted by atomic mass is 16.5. The molecule has 0 aromatic carbocycles. The zero-order valence-corrected chi connectivity index (χ0v) is 13.3. The molecule has 0 saturated carbocycles. The summed E-state index contributed by atoms with van der Waals surface area (Å²) < 4.78 is 6.65. The van der Waals surface area contributed by atoms with Crippen LogP contribution in [0, 0.1) is 0 Å². The second-order valence-electron chi connectivity index (χ2n) is 5.52. The lowest BCUT2D eigenvalue weighted by molar-refractivity contribution is 0.397. The molecular formula is C15H20N6O2. The Hall–Kier alpha value is -2.64. The monoisotopic (exact) mass is 316 g/mol. The molecule has 0 aliphatic carbocycles. The molecule has 1 atom stereocenters. The van der Waals surface area contributed by atoms with Gasteiger partial charge >= 0.3 is 0 Å². The fourth-order valence-corrected chi connectivity index (χ4v) is 2.70. The van der Waals surface area contributed by atoms with Crippen LogP contribution in [-0.2, 0) is 7.05 Å². The van der Waals surface area contributed by atoms with E-state index in [1.165, 1.54) is 0 Å². The van der Waals surface area contributed by atoms with Gasteiger partial charge < -0.3 is 19.5 Å². The third kappa shape index (κ3) is 3.41. The Balaban J connectivity index is 1.73. The zero-order valence-electron chi connectivity index (χ0n) is 13.3. The summed E-state index contributed by atoms with van der Waals surface area (Å²) in [5.41, 5.74) is -0.0780. The van der Waals surface area contributed by atoms with Gasteiger partial charge in [0, 0.05) is 50.8 Å². The molecular weight excluding hydrogens is 296 g/mol. The minimum atomic E-state index is -0.0780. The minimum Gasteiger partial charge on any atom is -0.481 e.